The van der Waals surface area contributed by atoms with Crippen LogP contribution < -0.4 is 10.6 Å². The molecule has 0 heterocycles. The van der Waals surface area contributed by atoms with Gasteiger partial charge in [-0.05, 0) is 6.42 Å². The molecule has 0 spiro atoms. The van der Waals surface area contributed by atoms with E-state index in [1.165, 1.54) is 0 Å². The molecule has 0 aliphatic rings. The van der Waals surface area contributed by atoms with Gasteiger partial charge in [0.1, 0.15) is 0 Å². The number of hydrogen-bond donors (Lipinski definition) is 2. The van der Waals surface area contributed by atoms with E-state index in [0.29, 0.717) is 19.6 Å². The lowest BCUT2D eigenvalue weighted by Crippen LogP contribution is -2.27. The van der Waals surface area contributed by atoms with Gasteiger partial charge in [0.25, 0.3) is 0 Å². The minimum atomic E-state index is 0.0588. The Labute approximate surface area is 91.5 Å². The molecule has 1 amide bonds. The molecule has 0 aromatic carbocycles. The largest absolute Gasteiger partial charge is 0.385 e. The Morgan fingerprint density at radius 2 is 2.00 bits per heavy atom. The van der Waals surface area contributed by atoms with Crippen molar-refractivity contribution < 1.29 is 14.3 Å². The van der Waals surface area contributed by atoms with Gasteiger partial charge >= 0.3 is 0 Å². The van der Waals surface area contributed by atoms with Crippen LogP contribution in [0.4, 0.5) is 0 Å². The summed E-state index contributed by atoms with van der Waals surface area (Å²) in [6.45, 7) is 3.62. The minimum Gasteiger partial charge on any atom is -0.385 e. The predicted molar refractivity (Wildman–Crippen MR) is 58.9 cm³/mol. The van der Waals surface area contributed by atoms with E-state index in [9.17, 15) is 4.79 Å². The second-order valence-electron chi connectivity index (χ2n) is 3.13. The number of ether oxygens (including phenoxy) is 2. The van der Waals surface area contributed by atoms with Crippen LogP contribution in [0.25, 0.3) is 0 Å². The smallest absolute Gasteiger partial charge is 0.221 e. The summed E-state index contributed by atoms with van der Waals surface area (Å²) in [5.74, 6) is 0.0588. The molecule has 2 N–H and O–H groups in total. The van der Waals surface area contributed by atoms with E-state index >= 15 is 0 Å². The van der Waals surface area contributed by atoms with E-state index in [0.717, 1.165) is 26.2 Å². The third-order valence-corrected chi connectivity index (χ3v) is 1.87. The van der Waals surface area contributed by atoms with Crippen LogP contribution in [0.1, 0.15) is 12.8 Å². The van der Waals surface area contributed by atoms with Gasteiger partial charge in [-0.1, -0.05) is 0 Å². The molecule has 0 saturated heterocycles. The first-order chi connectivity index (χ1) is 7.31. The van der Waals surface area contributed by atoms with E-state index in [4.69, 9.17) is 9.47 Å². The fourth-order valence-corrected chi connectivity index (χ4v) is 1.00. The Hall–Kier alpha value is -0.650. The van der Waals surface area contributed by atoms with Crippen LogP contribution in [0.5, 0.6) is 0 Å². The summed E-state index contributed by atoms with van der Waals surface area (Å²) in [7, 11) is 3.32. The van der Waals surface area contributed by atoms with Gasteiger partial charge in [-0.15, -0.1) is 0 Å². The SMILES string of the molecule is CNC(=O)CCNCCOCCCOC. The van der Waals surface area contributed by atoms with Gasteiger partial charge in [0.2, 0.25) is 5.91 Å². The number of carbonyl (C=O) groups is 1. The Bertz CT molecular complexity index is 154. The molecule has 0 saturated carbocycles. The molecule has 5 nitrogen and oxygen atoms in total. The molecule has 0 unspecified atom stereocenters. The molecule has 0 bridgehead atoms. The molecule has 0 rings (SSSR count). The van der Waals surface area contributed by atoms with Gasteiger partial charge in [0.05, 0.1) is 6.61 Å². The normalized spacial score (nSPS) is 10.3. The highest BCUT2D eigenvalue weighted by atomic mass is 16.5. The summed E-state index contributed by atoms with van der Waals surface area (Å²) in [5.41, 5.74) is 0. The number of hydrogen-bond acceptors (Lipinski definition) is 4. The van der Waals surface area contributed by atoms with Crippen LogP contribution in [0, 0.1) is 0 Å². The number of methoxy groups -OCH3 is 1. The molecule has 0 aromatic heterocycles. The van der Waals surface area contributed by atoms with Crippen molar-refractivity contribution in [1.82, 2.24) is 10.6 Å². The van der Waals surface area contributed by atoms with E-state index in [-0.39, 0.29) is 5.91 Å². The first-order valence-electron chi connectivity index (χ1n) is 5.29. The number of rotatable bonds is 10. The van der Waals surface area contributed by atoms with Crippen molar-refractivity contribution in [3.63, 3.8) is 0 Å². The van der Waals surface area contributed by atoms with Crippen molar-refractivity contribution in [3.05, 3.63) is 0 Å². The molecule has 0 atom stereocenters. The number of carbonyl (C=O) groups excluding carboxylic acids is 1. The van der Waals surface area contributed by atoms with Gasteiger partial charge < -0.3 is 20.1 Å². The van der Waals surface area contributed by atoms with Crippen molar-refractivity contribution in [1.29, 1.82) is 0 Å². The Kier molecular flexibility index (Phi) is 10.9. The second-order valence-corrected chi connectivity index (χ2v) is 3.13. The first kappa shape index (κ1) is 14.3. The molecule has 0 radical (unpaired) electrons. The highest BCUT2D eigenvalue weighted by Crippen LogP contribution is 1.82. The zero-order chi connectivity index (χ0) is 11.4. The predicted octanol–water partition coefficient (Wildman–Crippen LogP) is -0.235. The topological polar surface area (TPSA) is 59.6 Å². The molecule has 0 aliphatic carbocycles. The van der Waals surface area contributed by atoms with Gasteiger partial charge in [0.15, 0.2) is 0 Å². The summed E-state index contributed by atoms with van der Waals surface area (Å²) in [6, 6.07) is 0. The molecular formula is C10H22N2O3. The van der Waals surface area contributed by atoms with Crippen molar-refractivity contribution in [2.45, 2.75) is 12.8 Å². The van der Waals surface area contributed by atoms with Crippen molar-refractivity contribution in [3.8, 4) is 0 Å². The summed E-state index contributed by atoms with van der Waals surface area (Å²) in [4.78, 5) is 10.8. The zero-order valence-corrected chi connectivity index (χ0v) is 9.67. The van der Waals surface area contributed by atoms with Gasteiger partial charge in [-0.25, -0.2) is 0 Å². The van der Waals surface area contributed by atoms with Crippen LogP contribution >= 0.6 is 0 Å². The van der Waals surface area contributed by atoms with Crippen molar-refractivity contribution >= 4 is 5.91 Å². The highest BCUT2D eigenvalue weighted by molar-refractivity contribution is 5.75. The molecule has 0 fully saturated rings. The van der Waals surface area contributed by atoms with Crippen LogP contribution in [0.3, 0.4) is 0 Å². The standard InChI is InChI=1S/C10H22N2O3/c1-11-10(13)4-5-12-6-9-15-8-3-7-14-2/h12H,3-9H2,1-2H3,(H,11,13). The minimum absolute atomic E-state index is 0.0588. The Balaban J connectivity index is 2.95. The average Bonchev–Trinajstić information content (AvgIpc) is 2.26. The maximum absolute atomic E-state index is 10.8. The lowest BCUT2D eigenvalue weighted by molar-refractivity contribution is -0.120. The first-order valence-corrected chi connectivity index (χ1v) is 5.29. The summed E-state index contributed by atoms with van der Waals surface area (Å²) >= 11 is 0. The van der Waals surface area contributed by atoms with E-state index in [2.05, 4.69) is 10.6 Å². The third-order valence-electron chi connectivity index (χ3n) is 1.87. The maximum atomic E-state index is 10.8. The zero-order valence-electron chi connectivity index (χ0n) is 9.67. The van der Waals surface area contributed by atoms with Crippen LogP contribution in [-0.4, -0.2) is 53.0 Å². The number of amides is 1. The fourth-order valence-electron chi connectivity index (χ4n) is 1.00. The lowest BCUT2D eigenvalue weighted by Gasteiger charge is -2.05. The molecule has 0 aliphatic heterocycles. The summed E-state index contributed by atoms with van der Waals surface area (Å²) in [6.07, 6.45) is 1.44. The molecule has 0 aromatic rings. The van der Waals surface area contributed by atoms with Crippen LogP contribution in [0.2, 0.25) is 0 Å². The summed E-state index contributed by atoms with van der Waals surface area (Å²) in [5, 5.41) is 5.69. The maximum Gasteiger partial charge on any atom is 0.221 e. The van der Waals surface area contributed by atoms with Gasteiger partial charge in [0, 0.05) is 46.9 Å². The quantitative estimate of drug-likeness (QED) is 0.497. The summed E-state index contributed by atoms with van der Waals surface area (Å²) < 4.78 is 10.2. The van der Waals surface area contributed by atoms with Gasteiger partial charge in [-0.2, -0.15) is 0 Å². The molecule has 15 heavy (non-hydrogen) atoms. The Morgan fingerprint density at radius 3 is 2.67 bits per heavy atom. The average molecular weight is 218 g/mol. The van der Waals surface area contributed by atoms with Crippen molar-refractivity contribution in [2.24, 2.45) is 0 Å². The third kappa shape index (κ3) is 11.3. The van der Waals surface area contributed by atoms with Gasteiger partial charge in [-0.3, -0.25) is 4.79 Å². The fraction of sp³-hybridized carbons (Fsp3) is 0.900. The molecule has 5 heteroatoms. The van der Waals surface area contributed by atoms with E-state index in [1.54, 1.807) is 14.2 Å². The van der Waals surface area contributed by atoms with Crippen molar-refractivity contribution in [2.75, 3.05) is 47.1 Å². The monoisotopic (exact) mass is 218 g/mol. The van der Waals surface area contributed by atoms with Crippen LogP contribution in [0.15, 0.2) is 0 Å². The van der Waals surface area contributed by atoms with E-state index < -0.39 is 0 Å². The second kappa shape index (κ2) is 11.4. The lowest BCUT2D eigenvalue weighted by atomic mass is 10.4. The highest BCUT2D eigenvalue weighted by Gasteiger charge is 1.95. The molecule has 90 valence electrons. The molecular weight excluding hydrogens is 196 g/mol. The van der Waals surface area contributed by atoms with E-state index in [1.807, 2.05) is 0 Å². The van der Waals surface area contributed by atoms with Crippen LogP contribution in [-0.2, 0) is 14.3 Å². The Morgan fingerprint density at radius 1 is 1.20 bits per heavy atom. The number of nitrogens with one attached hydrogen (secondary N) is 2.